The number of rotatable bonds is 3. The van der Waals surface area contributed by atoms with Crippen molar-refractivity contribution in [2.24, 2.45) is 0 Å². The molecule has 1 heterocycles. The number of carboxylic acid groups (broad SMARTS) is 1. The predicted molar refractivity (Wildman–Crippen MR) is 68.4 cm³/mol. The van der Waals surface area contributed by atoms with Gasteiger partial charge < -0.3 is 5.11 Å². The molecule has 0 bridgehead atoms. The minimum absolute atomic E-state index is 0.127. The molecule has 0 aliphatic heterocycles. The highest BCUT2D eigenvalue weighted by molar-refractivity contribution is 7.14. The molecule has 5 nitrogen and oxygen atoms in total. The van der Waals surface area contributed by atoms with Gasteiger partial charge in [0.05, 0.1) is 25.9 Å². The topological polar surface area (TPSA) is 80.4 Å². The Bertz CT molecular complexity index is 638. The predicted octanol–water partition coefficient (Wildman–Crippen LogP) is 3.67. The van der Waals surface area contributed by atoms with E-state index in [1.54, 1.807) is 11.4 Å². The van der Waals surface area contributed by atoms with Crippen molar-refractivity contribution < 1.29 is 14.8 Å². The molecule has 0 aliphatic rings. The summed E-state index contributed by atoms with van der Waals surface area (Å²) in [4.78, 5) is 21.7. The number of thiophene rings is 1. The molecule has 0 aliphatic carbocycles. The second-order valence-corrected chi connectivity index (χ2v) is 4.72. The molecule has 1 N–H and O–H groups in total. The number of carbonyl (C=O) groups is 1. The van der Waals surface area contributed by atoms with E-state index in [2.05, 4.69) is 0 Å². The molecule has 0 amide bonds. The zero-order valence-electron chi connectivity index (χ0n) is 8.79. The van der Waals surface area contributed by atoms with Crippen molar-refractivity contribution in [2.75, 3.05) is 0 Å². The van der Waals surface area contributed by atoms with Gasteiger partial charge in [0, 0.05) is 6.07 Å². The molecule has 0 saturated heterocycles. The number of aromatic carboxylic acids is 1. The van der Waals surface area contributed by atoms with Gasteiger partial charge in [-0.1, -0.05) is 11.6 Å². The quantitative estimate of drug-likeness (QED) is 0.688. The third-order valence-electron chi connectivity index (χ3n) is 2.30. The maximum absolute atomic E-state index is 11.0. The number of halogens is 1. The standard InChI is InChI=1S/C11H6ClNO4S/c12-8-3-4-18-10(8)7-2-1-6(11(14)15)5-9(7)13(16)17/h1-5H,(H,14,15). The van der Waals surface area contributed by atoms with Crippen molar-refractivity contribution in [1.82, 2.24) is 0 Å². The van der Waals surface area contributed by atoms with Crippen LogP contribution in [0.4, 0.5) is 5.69 Å². The largest absolute Gasteiger partial charge is 0.478 e. The van der Waals surface area contributed by atoms with Gasteiger partial charge >= 0.3 is 5.97 Å². The average molecular weight is 284 g/mol. The van der Waals surface area contributed by atoms with Gasteiger partial charge in [0.2, 0.25) is 0 Å². The van der Waals surface area contributed by atoms with Crippen LogP contribution >= 0.6 is 22.9 Å². The fourth-order valence-corrected chi connectivity index (χ4v) is 2.69. The van der Waals surface area contributed by atoms with Gasteiger partial charge in [0.15, 0.2) is 0 Å². The molecule has 92 valence electrons. The lowest BCUT2D eigenvalue weighted by atomic mass is 10.1. The van der Waals surface area contributed by atoms with Crippen molar-refractivity contribution in [1.29, 1.82) is 0 Å². The van der Waals surface area contributed by atoms with Gasteiger partial charge in [-0.25, -0.2) is 4.79 Å². The van der Waals surface area contributed by atoms with Crippen molar-refractivity contribution >= 4 is 34.6 Å². The fraction of sp³-hybridized carbons (Fsp3) is 0. The van der Waals surface area contributed by atoms with Crippen LogP contribution in [0, 0.1) is 10.1 Å². The maximum atomic E-state index is 11.0. The van der Waals surface area contributed by atoms with Gasteiger partial charge in [0.25, 0.3) is 5.69 Å². The smallest absolute Gasteiger partial charge is 0.335 e. The normalized spacial score (nSPS) is 10.3. The lowest BCUT2D eigenvalue weighted by Crippen LogP contribution is -1.99. The number of benzene rings is 1. The first-order valence-electron chi connectivity index (χ1n) is 4.76. The average Bonchev–Trinajstić information content (AvgIpc) is 2.74. The Morgan fingerprint density at radius 3 is 2.61 bits per heavy atom. The minimum atomic E-state index is -1.21. The highest BCUT2D eigenvalue weighted by atomic mass is 35.5. The summed E-state index contributed by atoms with van der Waals surface area (Å²) in [5.74, 6) is -1.21. The van der Waals surface area contributed by atoms with Gasteiger partial charge in [-0.15, -0.1) is 11.3 Å². The maximum Gasteiger partial charge on any atom is 0.335 e. The summed E-state index contributed by atoms with van der Waals surface area (Å²) < 4.78 is 0. The van der Waals surface area contributed by atoms with Crippen LogP contribution < -0.4 is 0 Å². The number of hydrogen-bond donors (Lipinski definition) is 1. The van der Waals surface area contributed by atoms with Crippen LogP contribution in [0.25, 0.3) is 10.4 Å². The summed E-state index contributed by atoms with van der Waals surface area (Å²) in [7, 11) is 0. The molecule has 0 unspecified atom stereocenters. The lowest BCUT2D eigenvalue weighted by Gasteiger charge is -2.02. The second kappa shape index (κ2) is 4.75. The van der Waals surface area contributed by atoms with E-state index < -0.39 is 10.9 Å². The summed E-state index contributed by atoms with van der Waals surface area (Å²) >= 11 is 7.19. The van der Waals surface area contributed by atoms with E-state index in [1.807, 2.05) is 0 Å². The van der Waals surface area contributed by atoms with Crippen LogP contribution in [0.15, 0.2) is 29.6 Å². The zero-order chi connectivity index (χ0) is 13.3. The SMILES string of the molecule is O=C(O)c1ccc(-c2sccc2Cl)c([N+](=O)[O-])c1. The van der Waals surface area contributed by atoms with Crippen LogP contribution in [-0.2, 0) is 0 Å². The van der Waals surface area contributed by atoms with Gasteiger partial charge in [-0.3, -0.25) is 10.1 Å². The molecule has 18 heavy (non-hydrogen) atoms. The first-order valence-corrected chi connectivity index (χ1v) is 6.01. The minimum Gasteiger partial charge on any atom is -0.478 e. The Hall–Kier alpha value is -1.92. The van der Waals surface area contributed by atoms with E-state index in [4.69, 9.17) is 16.7 Å². The van der Waals surface area contributed by atoms with Crippen LogP contribution in [0.3, 0.4) is 0 Å². The molecular weight excluding hydrogens is 278 g/mol. The number of nitro benzene ring substituents is 1. The monoisotopic (exact) mass is 283 g/mol. The first kappa shape index (κ1) is 12.5. The van der Waals surface area contributed by atoms with Crippen LogP contribution in [0.2, 0.25) is 5.02 Å². The molecule has 0 radical (unpaired) electrons. The molecule has 2 aromatic rings. The van der Waals surface area contributed by atoms with Crippen molar-refractivity contribution in [3.05, 3.63) is 50.3 Å². The Morgan fingerprint density at radius 2 is 2.11 bits per heavy atom. The zero-order valence-corrected chi connectivity index (χ0v) is 10.4. The molecule has 0 saturated carbocycles. The summed E-state index contributed by atoms with van der Waals surface area (Å²) in [5.41, 5.74) is -0.0672. The number of nitro groups is 1. The summed E-state index contributed by atoms with van der Waals surface area (Å²) in [5, 5.41) is 21.9. The van der Waals surface area contributed by atoms with Crippen molar-refractivity contribution in [3.63, 3.8) is 0 Å². The Labute approximate surface area is 110 Å². The molecule has 0 spiro atoms. The van der Waals surface area contributed by atoms with Crippen molar-refractivity contribution in [3.8, 4) is 10.4 Å². The molecule has 1 aromatic heterocycles. The molecule has 1 aromatic carbocycles. The highest BCUT2D eigenvalue weighted by Crippen LogP contribution is 2.38. The number of hydrogen-bond acceptors (Lipinski definition) is 4. The van der Waals surface area contributed by atoms with E-state index >= 15 is 0 Å². The van der Waals surface area contributed by atoms with Gasteiger partial charge in [-0.2, -0.15) is 0 Å². The van der Waals surface area contributed by atoms with E-state index in [0.29, 0.717) is 15.5 Å². The van der Waals surface area contributed by atoms with Crippen LogP contribution in [0.1, 0.15) is 10.4 Å². The van der Waals surface area contributed by atoms with Gasteiger partial charge in [-0.05, 0) is 23.6 Å². The van der Waals surface area contributed by atoms with E-state index in [1.165, 1.54) is 23.5 Å². The van der Waals surface area contributed by atoms with Crippen LogP contribution in [0.5, 0.6) is 0 Å². The molecular formula is C11H6ClNO4S. The number of carboxylic acids is 1. The van der Waals surface area contributed by atoms with Crippen molar-refractivity contribution in [2.45, 2.75) is 0 Å². The summed E-state index contributed by atoms with van der Waals surface area (Å²) in [6.07, 6.45) is 0. The van der Waals surface area contributed by atoms with E-state index in [9.17, 15) is 14.9 Å². The Morgan fingerprint density at radius 1 is 1.39 bits per heavy atom. The second-order valence-electron chi connectivity index (χ2n) is 3.39. The first-order chi connectivity index (χ1) is 8.50. The van der Waals surface area contributed by atoms with E-state index in [-0.39, 0.29) is 11.3 Å². The highest BCUT2D eigenvalue weighted by Gasteiger charge is 2.20. The van der Waals surface area contributed by atoms with E-state index in [0.717, 1.165) is 6.07 Å². The molecule has 7 heteroatoms. The molecule has 0 atom stereocenters. The lowest BCUT2D eigenvalue weighted by molar-refractivity contribution is -0.384. The third-order valence-corrected chi connectivity index (χ3v) is 3.68. The molecule has 0 fully saturated rings. The van der Waals surface area contributed by atoms with Gasteiger partial charge in [0.1, 0.15) is 0 Å². The Kier molecular flexibility index (Phi) is 3.31. The third kappa shape index (κ3) is 2.20. The number of nitrogens with zero attached hydrogens (tertiary/aromatic N) is 1. The molecule has 2 rings (SSSR count). The van der Waals surface area contributed by atoms with Crippen LogP contribution in [-0.4, -0.2) is 16.0 Å². The summed E-state index contributed by atoms with van der Waals surface area (Å²) in [6, 6.07) is 5.39. The fourth-order valence-electron chi connectivity index (χ4n) is 1.49. The Balaban J connectivity index is 2.65. The summed E-state index contributed by atoms with van der Waals surface area (Å²) in [6.45, 7) is 0.